The van der Waals surface area contributed by atoms with Gasteiger partial charge in [0.05, 0.1) is 11.4 Å². The van der Waals surface area contributed by atoms with Gasteiger partial charge >= 0.3 is 6.03 Å². The lowest BCUT2D eigenvalue weighted by atomic mass is 10.1. The maximum atomic E-state index is 12.8. The Labute approximate surface area is 234 Å². The van der Waals surface area contributed by atoms with E-state index < -0.39 is 0 Å². The van der Waals surface area contributed by atoms with Crippen molar-refractivity contribution in [1.29, 1.82) is 0 Å². The van der Waals surface area contributed by atoms with Crippen LogP contribution in [0, 0.1) is 12.8 Å². The Morgan fingerprint density at radius 3 is 2.73 bits per heavy atom. The van der Waals surface area contributed by atoms with Crippen LogP contribution in [-0.2, 0) is 16.2 Å². The summed E-state index contributed by atoms with van der Waals surface area (Å²) >= 11 is 0. The minimum Gasteiger partial charge on any atom is -0.471 e. The number of nitrogens with one attached hydrogen (secondary N) is 1. The molecule has 41 heavy (non-hydrogen) atoms. The molecule has 0 spiro atoms. The van der Waals surface area contributed by atoms with Crippen LogP contribution in [0.2, 0.25) is 0 Å². The fourth-order valence-electron chi connectivity index (χ4n) is 5.12. The number of nitrogens with zero attached hydrogens (tertiary/aromatic N) is 8. The number of pyridine rings is 1. The number of hydrogen-bond donors (Lipinski definition) is 1. The average molecular weight is 554 g/mol. The number of rotatable bonds is 8. The van der Waals surface area contributed by atoms with Crippen LogP contribution < -0.4 is 15.0 Å². The van der Waals surface area contributed by atoms with Crippen LogP contribution in [0.3, 0.4) is 0 Å². The number of aryl methyl sites for hydroxylation is 1. The highest BCUT2D eigenvalue weighted by Gasteiger charge is 2.46. The van der Waals surface area contributed by atoms with Crippen molar-refractivity contribution in [2.45, 2.75) is 44.6 Å². The van der Waals surface area contributed by atoms with Crippen LogP contribution in [-0.4, -0.2) is 65.7 Å². The number of imidazole rings is 1. The Bertz CT molecular complexity index is 1720. The van der Waals surface area contributed by atoms with Gasteiger partial charge in [-0.1, -0.05) is 0 Å². The average Bonchev–Trinajstić information content (AvgIpc) is 3.89. The maximum absolute atomic E-state index is 12.8. The summed E-state index contributed by atoms with van der Waals surface area (Å²) in [5, 5.41) is 2.84. The van der Waals surface area contributed by atoms with Crippen molar-refractivity contribution in [2.75, 3.05) is 23.8 Å². The molecule has 0 aromatic carbocycles. The van der Waals surface area contributed by atoms with Crippen LogP contribution >= 0.6 is 0 Å². The molecular formula is C28H27N9O4. The molecule has 208 valence electrons. The van der Waals surface area contributed by atoms with Gasteiger partial charge in [-0.25, -0.2) is 29.7 Å². The highest BCUT2D eigenvalue weighted by atomic mass is 16.5. The molecule has 2 aliphatic carbocycles. The Balaban J connectivity index is 1.05. The molecule has 4 aromatic heterocycles. The van der Waals surface area contributed by atoms with Gasteiger partial charge in [-0.2, -0.15) is 0 Å². The van der Waals surface area contributed by atoms with E-state index in [-0.39, 0.29) is 48.7 Å². The first kappa shape index (κ1) is 25.1. The van der Waals surface area contributed by atoms with Gasteiger partial charge in [0.1, 0.15) is 31.1 Å². The maximum Gasteiger partial charge on any atom is 0.331 e. The molecule has 13 nitrogen and oxygen atoms in total. The lowest BCUT2D eigenvalue weighted by Gasteiger charge is -2.17. The second-order valence-electron chi connectivity index (χ2n) is 10.7. The Hall–Kier alpha value is -4.94. The van der Waals surface area contributed by atoms with E-state index >= 15 is 0 Å². The first-order valence-corrected chi connectivity index (χ1v) is 13.5. The third-order valence-electron chi connectivity index (χ3n) is 7.66. The molecule has 4 amide bonds. The second kappa shape index (κ2) is 9.61. The largest absolute Gasteiger partial charge is 0.471 e. The van der Waals surface area contributed by atoms with Gasteiger partial charge in [-0.05, 0) is 49.8 Å². The molecule has 0 radical (unpaired) electrons. The summed E-state index contributed by atoms with van der Waals surface area (Å²) in [6.07, 6.45) is 9.78. The van der Waals surface area contributed by atoms with E-state index in [0.717, 1.165) is 29.0 Å². The number of ether oxygens (including phenoxy) is 1. The molecule has 0 unspecified atom stereocenters. The van der Waals surface area contributed by atoms with Crippen molar-refractivity contribution in [3.63, 3.8) is 0 Å². The van der Waals surface area contributed by atoms with E-state index in [9.17, 15) is 14.4 Å². The summed E-state index contributed by atoms with van der Waals surface area (Å²) in [4.78, 5) is 62.1. The molecule has 5 heterocycles. The van der Waals surface area contributed by atoms with E-state index in [1.807, 2.05) is 35.9 Å². The lowest BCUT2D eigenvalue weighted by Crippen LogP contribution is -2.30. The number of urea groups is 1. The molecule has 1 N–H and O–H groups in total. The van der Waals surface area contributed by atoms with Crippen LogP contribution in [0.25, 0.3) is 5.65 Å². The molecule has 1 aliphatic heterocycles. The number of likely N-dealkylation sites (N-methyl/N-ethyl adjacent to an activating group) is 1. The quantitative estimate of drug-likeness (QED) is 0.325. The summed E-state index contributed by atoms with van der Waals surface area (Å²) in [6, 6.07) is 4.99. The molecule has 7 rings (SSSR count). The SMILES string of the molecule is Cc1ccnc([C@@H]2C[C@H]2C(=O)Nc2cc(OCc3cn4cc(C5CC5)cc(N5CC(=O)N(C)C5=O)c4n3)ncn2)n1. The molecule has 2 saturated carbocycles. The third-order valence-corrected chi connectivity index (χ3v) is 7.66. The fraction of sp³-hybridized carbons (Fsp3) is 0.357. The van der Waals surface area contributed by atoms with E-state index in [0.29, 0.717) is 41.0 Å². The van der Waals surface area contributed by atoms with Crippen molar-refractivity contribution in [3.8, 4) is 5.88 Å². The highest BCUT2D eigenvalue weighted by molar-refractivity contribution is 6.13. The molecule has 1 saturated heterocycles. The van der Waals surface area contributed by atoms with Crippen molar-refractivity contribution < 1.29 is 19.1 Å². The number of anilines is 2. The van der Waals surface area contributed by atoms with Crippen molar-refractivity contribution in [3.05, 3.63) is 65.9 Å². The lowest BCUT2D eigenvalue weighted by molar-refractivity contribution is -0.124. The summed E-state index contributed by atoms with van der Waals surface area (Å²) < 4.78 is 7.78. The normalized spacial score (nSPS) is 20.1. The summed E-state index contributed by atoms with van der Waals surface area (Å²) in [5.41, 5.74) is 3.77. The topological polar surface area (TPSA) is 148 Å². The van der Waals surface area contributed by atoms with Crippen LogP contribution in [0.1, 0.15) is 53.9 Å². The van der Waals surface area contributed by atoms with Crippen molar-refractivity contribution >= 4 is 35.0 Å². The molecule has 3 fully saturated rings. The van der Waals surface area contributed by atoms with Gasteiger partial charge in [-0.15, -0.1) is 0 Å². The summed E-state index contributed by atoms with van der Waals surface area (Å²) in [7, 11) is 1.48. The smallest absolute Gasteiger partial charge is 0.331 e. The molecule has 0 bridgehead atoms. The number of carbonyl (C=O) groups is 3. The van der Waals surface area contributed by atoms with Crippen LogP contribution in [0.5, 0.6) is 5.88 Å². The standard InChI is InChI=1S/C28H27N9O4/c1-15-5-6-29-25(32-15)19-8-20(19)27(39)34-22-9-23(31-14-30-22)41-13-18-11-36-10-17(16-3-4-16)7-21(26(36)33-18)37-12-24(38)35(2)28(37)40/h5-7,9-11,14,16,19-20H,3-4,8,12-13H2,1-2H3,(H,30,31,34,39)/t19-,20-/m1/s1. The molecular weight excluding hydrogens is 526 g/mol. The molecule has 13 heteroatoms. The Kier molecular flexibility index (Phi) is 5.87. The minimum atomic E-state index is -0.370. The molecule has 3 aliphatic rings. The van der Waals surface area contributed by atoms with E-state index in [1.165, 1.54) is 18.3 Å². The minimum absolute atomic E-state index is 0.00204. The van der Waals surface area contributed by atoms with Gasteiger partial charge in [0.2, 0.25) is 17.7 Å². The summed E-state index contributed by atoms with van der Waals surface area (Å²) in [6.45, 7) is 1.98. The number of aromatic nitrogens is 6. The van der Waals surface area contributed by atoms with E-state index in [1.54, 1.807) is 12.3 Å². The number of fused-ring (bicyclic) bond motifs is 1. The van der Waals surface area contributed by atoms with Gasteiger partial charge in [0.15, 0.2) is 5.65 Å². The van der Waals surface area contributed by atoms with E-state index in [4.69, 9.17) is 9.72 Å². The zero-order valence-electron chi connectivity index (χ0n) is 22.5. The van der Waals surface area contributed by atoms with Crippen molar-refractivity contribution in [2.24, 2.45) is 5.92 Å². The second-order valence-corrected chi connectivity index (χ2v) is 10.7. The number of hydrogen-bond acceptors (Lipinski definition) is 9. The fourth-order valence-corrected chi connectivity index (χ4v) is 5.12. The number of imide groups is 1. The molecule has 4 aromatic rings. The third kappa shape index (κ3) is 4.83. The number of carbonyl (C=O) groups excluding carboxylic acids is 3. The first-order chi connectivity index (χ1) is 19.8. The predicted molar refractivity (Wildman–Crippen MR) is 145 cm³/mol. The zero-order chi connectivity index (χ0) is 28.2. The van der Waals surface area contributed by atoms with Gasteiger partial charge < -0.3 is 14.5 Å². The Morgan fingerprint density at radius 2 is 1.98 bits per heavy atom. The first-order valence-electron chi connectivity index (χ1n) is 13.5. The summed E-state index contributed by atoms with van der Waals surface area (Å²) in [5.74, 6) is 1.13. The number of amides is 4. The van der Waals surface area contributed by atoms with Gasteiger partial charge in [-0.3, -0.25) is 19.4 Å². The van der Waals surface area contributed by atoms with Gasteiger partial charge in [0.25, 0.3) is 0 Å². The predicted octanol–water partition coefficient (Wildman–Crippen LogP) is 2.82. The highest BCUT2D eigenvalue weighted by Crippen LogP contribution is 2.46. The van der Waals surface area contributed by atoms with Crippen molar-refractivity contribution in [1.82, 2.24) is 34.2 Å². The monoisotopic (exact) mass is 553 g/mol. The molecule has 2 atom stereocenters. The zero-order valence-corrected chi connectivity index (χ0v) is 22.5. The van der Waals surface area contributed by atoms with Crippen LogP contribution in [0.4, 0.5) is 16.3 Å². The van der Waals surface area contributed by atoms with Gasteiger partial charge in [0, 0.05) is 49.2 Å². The van der Waals surface area contributed by atoms with Crippen LogP contribution in [0.15, 0.2) is 43.1 Å². The van der Waals surface area contributed by atoms with E-state index in [2.05, 4.69) is 25.3 Å². The Morgan fingerprint density at radius 1 is 1.12 bits per heavy atom.